The molecule has 1 saturated heterocycles. The molecule has 3 N–H and O–H groups in total. The zero-order valence-electron chi connectivity index (χ0n) is 13.9. The number of aromatic nitrogens is 1. The summed E-state index contributed by atoms with van der Waals surface area (Å²) in [4.78, 5) is 17.2. The molecule has 1 amide bonds. The molecule has 1 aliphatic rings. The van der Waals surface area contributed by atoms with Crippen LogP contribution in [0.15, 0.2) is 29.6 Å². The summed E-state index contributed by atoms with van der Waals surface area (Å²) >= 11 is 1.44. The lowest BCUT2D eigenvalue weighted by molar-refractivity contribution is -0.130. The lowest BCUT2D eigenvalue weighted by atomic mass is 9.79. The smallest absolute Gasteiger partial charge is 0.233 e. The average Bonchev–Trinajstić information content (AvgIpc) is 3.10. The van der Waals surface area contributed by atoms with Crippen molar-refractivity contribution in [1.29, 1.82) is 0 Å². The minimum absolute atomic E-state index is 0.0458. The highest BCUT2D eigenvalue weighted by atomic mass is 32.1. The fraction of sp³-hybridized carbons (Fsp3) is 0.444. The third kappa shape index (κ3) is 3.50. The van der Waals surface area contributed by atoms with Crippen molar-refractivity contribution in [2.75, 3.05) is 25.1 Å². The van der Waals surface area contributed by atoms with E-state index >= 15 is 0 Å². The van der Waals surface area contributed by atoms with Gasteiger partial charge in [-0.05, 0) is 24.8 Å². The number of nitrogens with two attached hydrogens (primary N) is 1. The standard InChI is InChI=1S/C18H23N3O2S/c1-2-13-3-5-14(6-4-13)15-11-24-17(20-15)21-16(22)18(12-19)7-9-23-10-8-18/h3-6,11H,2,7-10,12,19H2,1H3,(H,20,21,22). The Labute approximate surface area is 146 Å². The van der Waals surface area contributed by atoms with Gasteiger partial charge in [-0.25, -0.2) is 4.98 Å². The van der Waals surface area contributed by atoms with E-state index in [-0.39, 0.29) is 5.91 Å². The number of anilines is 1. The van der Waals surface area contributed by atoms with Crippen molar-refractivity contribution in [3.05, 3.63) is 35.2 Å². The van der Waals surface area contributed by atoms with E-state index in [1.807, 2.05) is 5.38 Å². The first-order valence-corrected chi connectivity index (χ1v) is 9.19. The predicted molar refractivity (Wildman–Crippen MR) is 97.1 cm³/mol. The van der Waals surface area contributed by atoms with E-state index in [9.17, 15) is 4.79 Å². The molecule has 1 fully saturated rings. The molecule has 0 radical (unpaired) electrons. The van der Waals surface area contributed by atoms with Crippen LogP contribution < -0.4 is 11.1 Å². The summed E-state index contributed by atoms with van der Waals surface area (Å²) in [5.41, 5.74) is 8.59. The van der Waals surface area contributed by atoms with Gasteiger partial charge in [-0.15, -0.1) is 11.3 Å². The molecule has 6 heteroatoms. The van der Waals surface area contributed by atoms with Crippen LogP contribution in [0.5, 0.6) is 0 Å². The van der Waals surface area contributed by atoms with Crippen molar-refractivity contribution < 1.29 is 9.53 Å². The normalized spacial score (nSPS) is 16.8. The number of nitrogens with zero attached hydrogens (tertiary/aromatic N) is 1. The summed E-state index contributed by atoms with van der Waals surface area (Å²) < 4.78 is 5.36. The number of amides is 1. The maximum Gasteiger partial charge on any atom is 0.233 e. The SMILES string of the molecule is CCc1ccc(-c2csc(NC(=O)C3(CN)CCOCC3)n2)cc1. The molecule has 2 aromatic rings. The van der Waals surface area contributed by atoms with Crippen molar-refractivity contribution >= 4 is 22.4 Å². The Morgan fingerprint density at radius 1 is 1.33 bits per heavy atom. The number of benzene rings is 1. The molecule has 1 aliphatic heterocycles. The highest BCUT2D eigenvalue weighted by Crippen LogP contribution is 2.32. The number of thiazole rings is 1. The van der Waals surface area contributed by atoms with Crippen LogP contribution in [0.4, 0.5) is 5.13 Å². The Morgan fingerprint density at radius 2 is 2.04 bits per heavy atom. The molecule has 3 rings (SSSR count). The Kier molecular flexibility index (Phi) is 5.28. The molecule has 128 valence electrons. The number of hydrogen-bond donors (Lipinski definition) is 2. The minimum Gasteiger partial charge on any atom is -0.381 e. The fourth-order valence-electron chi connectivity index (χ4n) is 2.89. The largest absolute Gasteiger partial charge is 0.381 e. The van der Waals surface area contributed by atoms with Crippen LogP contribution >= 0.6 is 11.3 Å². The molecule has 0 bridgehead atoms. The molecule has 2 heterocycles. The molecule has 5 nitrogen and oxygen atoms in total. The second kappa shape index (κ2) is 7.42. The molecular formula is C18H23N3O2S. The number of carbonyl (C=O) groups is 1. The van der Waals surface area contributed by atoms with Gasteiger partial charge in [-0.1, -0.05) is 31.2 Å². The Balaban J connectivity index is 1.72. The quantitative estimate of drug-likeness (QED) is 0.873. The summed E-state index contributed by atoms with van der Waals surface area (Å²) in [7, 11) is 0. The number of nitrogens with one attached hydrogen (secondary N) is 1. The third-order valence-corrected chi connectivity index (χ3v) is 5.46. The first-order valence-electron chi connectivity index (χ1n) is 8.31. The van der Waals surface area contributed by atoms with Gasteiger partial charge in [-0.3, -0.25) is 4.79 Å². The second-order valence-corrected chi connectivity index (χ2v) is 7.00. The Hall–Kier alpha value is -1.76. The van der Waals surface area contributed by atoms with Crippen molar-refractivity contribution in [3.8, 4) is 11.3 Å². The minimum atomic E-state index is -0.535. The summed E-state index contributed by atoms with van der Waals surface area (Å²) in [6.07, 6.45) is 2.33. The van der Waals surface area contributed by atoms with Gasteiger partial charge in [0.25, 0.3) is 0 Å². The first-order chi connectivity index (χ1) is 11.7. The number of hydrogen-bond acceptors (Lipinski definition) is 5. The highest BCUT2D eigenvalue weighted by Gasteiger charge is 2.39. The van der Waals surface area contributed by atoms with Crippen molar-refractivity contribution in [2.45, 2.75) is 26.2 Å². The summed E-state index contributed by atoms with van der Waals surface area (Å²) in [6, 6.07) is 8.36. The summed E-state index contributed by atoms with van der Waals surface area (Å²) in [6.45, 7) is 3.63. The van der Waals surface area contributed by atoms with E-state index in [0.29, 0.717) is 37.7 Å². The monoisotopic (exact) mass is 345 g/mol. The van der Waals surface area contributed by atoms with Gasteiger partial charge >= 0.3 is 0 Å². The van der Waals surface area contributed by atoms with Gasteiger partial charge in [0.1, 0.15) is 0 Å². The second-order valence-electron chi connectivity index (χ2n) is 6.14. The van der Waals surface area contributed by atoms with Crippen LogP contribution in [0.3, 0.4) is 0 Å². The zero-order chi connectivity index (χ0) is 17.0. The van der Waals surface area contributed by atoms with Gasteiger partial charge < -0.3 is 15.8 Å². The number of rotatable bonds is 5. The van der Waals surface area contributed by atoms with Crippen molar-refractivity contribution in [3.63, 3.8) is 0 Å². The number of carbonyl (C=O) groups excluding carboxylic acids is 1. The molecule has 0 atom stereocenters. The van der Waals surface area contributed by atoms with E-state index in [1.165, 1.54) is 16.9 Å². The van der Waals surface area contributed by atoms with E-state index in [0.717, 1.165) is 17.7 Å². The van der Waals surface area contributed by atoms with E-state index in [1.54, 1.807) is 0 Å². The molecular weight excluding hydrogens is 322 g/mol. The summed E-state index contributed by atoms with van der Waals surface area (Å²) in [5, 5.41) is 5.54. The molecule has 1 aromatic heterocycles. The van der Waals surface area contributed by atoms with Crippen LogP contribution in [-0.2, 0) is 16.0 Å². The predicted octanol–water partition coefficient (Wildman–Crippen LogP) is 3.07. The van der Waals surface area contributed by atoms with Crippen LogP contribution in [0.1, 0.15) is 25.3 Å². The summed E-state index contributed by atoms with van der Waals surface area (Å²) in [5.74, 6) is -0.0458. The maximum absolute atomic E-state index is 12.7. The van der Waals surface area contributed by atoms with Crippen LogP contribution in [0.25, 0.3) is 11.3 Å². The molecule has 0 spiro atoms. The Bertz CT molecular complexity index is 691. The Morgan fingerprint density at radius 3 is 2.67 bits per heavy atom. The van der Waals surface area contributed by atoms with E-state index in [2.05, 4.69) is 41.5 Å². The zero-order valence-corrected chi connectivity index (χ0v) is 14.7. The van der Waals surface area contributed by atoms with Crippen LogP contribution in [-0.4, -0.2) is 30.6 Å². The van der Waals surface area contributed by atoms with Gasteiger partial charge in [0, 0.05) is 30.7 Å². The van der Waals surface area contributed by atoms with Crippen LogP contribution in [0.2, 0.25) is 0 Å². The van der Waals surface area contributed by atoms with Crippen molar-refractivity contribution in [1.82, 2.24) is 4.98 Å². The fourth-order valence-corrected chi connectivity index (χ4v) is 3.61. The average molecular weight is 345 g/mol. The highest BCUT2D eigenvalue weighted by molar-refractivity contribution is 7.14. The molecule has 0 aliphatic carbocycles. The molecule has 0 unspecified atom stereocenters. The molecule has 0 saturated carbocycles. The van der Waals surface area contributed by atoms with E-state index < -0.39 is 5.41 Å². The van der Waals surface area contributed by atoms with E-state index in [4.69, 9.17) is 10.5 Å². The van der Waals surface area contributed by atoms with Gasteiger partial charge in [0.15, 0.2) is 5.13 Å². The van der Waals surface area contributed by atoms with Gasteiger partial charge in [0.05, 0.1) is 11.1 Å². The molecule has 24 heavy (non-hydrogen) atoms. The maximum atomic E-state index is 12.7. The van der Waals surface area contributed by atoms with Gasteiger partial charge in [0.2, 0.25) is 5.91 Å². The number of aryl methyl sites for hydroxylation is 1. The topological polar surface area (TPSA) is 77.2 Å². The number of ether oxygens (including phenoxy) is 1. The lowest BCUT2D eigenvalue weighted by Gasteiger charge is -2.34. The molecule has 1 aromatic carbocycles. The van der Waals surface area contributed by atoms with Gasteiger partial charge in [-0.2, -0.15) is 0 Å². The van der Waals surface area contributed by atoms with Crippen LogP contribution in [0, 0.1) is 5.41 Å². The van der Waals surface area contributed by atoms with Crippen molar-refractivity contribution in [2.24, 2.45) is 11.1 Å². The first kappa shape index (κ1) is 17.1. The lowest BCUT2D eigenvalue weighted by Crippen LogP contribution is -2.46. The third-order valence-electron chi connectivity index (χ3n) is 4.70.